The molecule has 0 aromatic heterocycles. The first-order chi connectivity index (χ1) is 5.24. The molecule has 0 aliphatic carbocycles. The van der Waals surface area contributed by atoms with Crippen LogP contribution >= 0.6 is 0 Å². The van der Waals surface area contributed by atoms with Gasteiger partial charge in [0.1, 0.15) is 0 Å². The van der Waals surface area contributed by atoms with Gasteiger partial charge >= 0.3 is 6.03 Å². The van der Waals surface area contributed by atoms with Gasteiger partial charge in [0, 0.05) is 6.04 Å². The molecule has 6 heteroatoms. The molecule has 0 spiro atoms. The Morgan fingerprint density at radius 1 is 1.42 bits per heavy atom. The molecule has 0 unspecified atom stereocenters. The van der Waals surface area contributed by atoms with Gasteiger partial charge < -0.3 is 5.48 Å². The smallest absolute Gasteiger partial charge is 0.343 e. The molecular formula is C6H18N4O2. The van der Waals surface area contributed by atoms with Crippen LogP contribution in [0.25, 0.3) is 0 Å². The van der Waals surface area contributed by atoms with Crippen molar-refractivity contribution in [1.29, 1.82) is 0 Å². The summed E-state index contributed by atoms with van der Waals surface area (Å²) in [5.41, 5.74) is 7.19. The van der Waals surface area contributed by atoms with Crippen LogP contribution in [0.15, 0.2) is 0 Å². The summed E-state index contributed by atoms with van der Waals surface area (Å²) in [4.78, 5) is 10.5. The molecule has 74 valence electrons. The fraction of sp³-hybridized carbons (Fsp3) is 0.833. The minimum absolute atomic E-state index is 0. The molecule has 0 aromatic rings. The highest BCUT2D eigenvalue weighted by atomic mass is 16.2. The fourth-order valence-electron chi connectivity index (χ4n) is 0.696. The van der Waals surface area contributed by atoms with Crippen molar-refractivity contribution >= 4 is 6.03 Å². The molecule has 12 heavy (non-hydrogen) atoms. The summed E-state index contributed by atoms with van der Waals surface area (Å²) in [5.74, 6) is 4.84. The van der Waals surface area contributed by atoms with Gasteiger partial charge in [-0.2, -0.15) is 0 Å². The highest BCUT2D eigenvalue weighted by Crippen LogP contribution is 1.92. The number of hydrogen-bond acceptors (Lipinski definition) is 3. The van der Waals surface area contributed by atoms with Crippen molar-refractivity contribution in [2.45, 2.75) is 32.7 Å². The maximum atomic E-state index is 10.5. The molecule has 7 N–H and O–H groups in total. The summed E-state index contributed by atoms with van der Waals surface area (Å²) in [5, 5.41) is 0. The average molecular weight is 178 g/mol. The minimum Gasteiger partial charge on any atom is -0.412 e. The highest BCUT2D eigenvalue weighted by molar-refractivity contribution is 5.72. The van der Waals surface area contributed by atoms with Crippen molar-refractivity contribution in [3.8, 4) is 0 Å². The van der Waals surface area contributed by atoms with E-state index in [-0.39, 0.29) is 5.48 Å². The quantitative estimate of drug-likeness (QED) is 0.252. The van der Waals surface area contributed by atoms with E-state index in [0.29, 0.717) is 6.04 Å². The van der Waals surface area contributed by atoms with E-state index in [1.54, 1.807) is 0 Å². The summed E-state index contributed by atoms with van der Waals surface area (Å²) >= 11 is 0. The number of hydrazine groups is 2. The van der Waals surface area contributed by atoms with E-state index in [1.165, 1.54) is 0 Å². The lowest BCUT2D eigenvalue weighted by atomic mass is 10.2. The summed E-state index contributed by atoms with van der Waals surface area (Å²) < 4.78 is 0. The van der Waals surface area contributed by atoms with Gasteiger partial charge in [0.25, 0.3) is 0 Å². The summed E-state index contributed by atoms with van der Waals surface area (Å²) in [6, 6.07) is -0.107. The third-order valence-corrected chi connectivity index (χ3v) is 1.51. The Kier molecular flexibility index (Phi) is 9.43. The SMILES string of the molecule is CCC(CC)NNC(=O)NN.O. The lowest BCUT2D eigenvalue weighted by Gasteiger charge is -2.14. The molecule has 0 heterocycles. The second kappa shape index (κ2) is 8.25. The van der Waals surface area contributed by atoms with Crippen LogP contribution in [0.5, 0.6) is 0 Å². The van der Waals surface area contributed by atoms with E-state index >= 15 is 0 Å². The van der Waals surface area contributed by atoms with Crippen molar-refractivity contribution in [1.82, 2.24) is 16.3 Å². The van der Waals surface area contributed by atoms with Crippen LogP contribution < -0.4 is 22.1 Å². The number of nitrogens with one attached hydrogen (secondary N) is 3. The van der Waals surface area contributed by atoms with Gasteiger partial charge in [0.05, 0.1) is 0 Å². The number of urea groups is 1. The van der Waals surface area contributed by atoms with E-state index in [2.05, 4.69) is 10.9 Å². The Hall–Kier alpha value is -0.850. The lowest BCUT2D eigenvalue weighted by molar-refractivity contribution is 0.233. The molecule has 0 bridgehead atoms. The van der Waals surface area contributed by atoms with Crippen molar-refractivity contribution < 1.29 is 10.3 Å². The first-order valence-electron chi connectivity index (χ1n) is 3.76. The first kappa shape index (κ1) is 13.7. The van der Waals surface area contributed by atoms with E-state index in [1.807, 2.05) is 19.3 Å². The van der Waals surface area contributed by atoms with Crippen LogP contribution in [0, 0.1) is 0 Å². The number of nitrogens with two attached hydrogens (primary N) is 1. The number of amides is 2. The van der Waals surface area contributed by atoms with Crippen molar-refractivity contribution in [3.05, 3.63) is 0 Å². The molecule has 0 saturated carbocycles. The van der Waals surface area contributed by atoms with Crippen molar-refractivity contribution in [2.24, 2.45) is 5.84 Å². The first-order valence-corrected chi connectivity index (χ1v) is 3.76. The van der Waals surface area contributed by atoms with Gasteiger partial charge in [-0.25, -0.2) is 16.1 Å². The standard InChI is InChI=1S/C6H16N4O.H2O/c1-3-5(4-2)9-10-6(11)8-7;/h5,9H,3-4,7H2,1-2H3,(H2,8,10,11);1H2. The molecule has 2 amide bonds. The molecule has 0 radical (unpaired) electrons. The third-order valence-electron chi connectivity index (χ3n) is 1.51. The number of carbonyl (C=O) groups is 1. The van der Waals surface area contributed by atoms with Crippen LogP contribution in [0.2, 0.25) is 0 Å². The maximum absolute atomic E-state index is 10.5. The average Bonchev–Trinajstić information content (AvgIpc) is 2.06. The summed E-state index contributed by atoms with van der Waals surface area (Å²) in [7, 11) is 0. The molecule has 0 aliphatic rings. The van der Waals surface area contributed by atoms with Gasteiger partial charge in [-0.15, -0.1) is 0 Å². The Balaban J connectivity index is 0. The zero-order chi connectivity index (χ0) is 8.69. The van der Waals surface area contributed by atoms with Crippen LogP contribution in [0.3, 0.4) is 0 Å². The highest BCUT2D eigenvalue weighted by Gasteiger charge is 2.02. The van der Waals surface area contributed by atoms with E-state index < -0.39 is 6.03 Å². The zero-order valence-corrected chi connectivity index (χ0v) is 7.48. The maximum Gasteiger partial charge on any atom is 0.343 e. The fourth-order valence-corrected chi connectivity index (χ4v) is 0.696. The Morgan fingerprint density at radius 2 is 1.92 bits per heavy atom. The largest absolute Gasteiger partial charge is 0.412 e. The molecule has 6 nitrogen and oxygen atoms in total. The van der Waals surface area contributed by atoms with E-state index in [4.69, 9.17) is 5.84 Å². The number of hydrogen-bond donors (Lipinski definition) is 4. The van der Waals surface area contributed by atoms with Gasteiger partial charge in [-0.05, 0) is 12.8 Å². The van der Waals surface area contributed by atoms with Gasteiger partial charge in [-0.3, -0.25) is 10.9 Å². The lowest BCUT2D eigenvalue weighted by Crippen LogP contribution is -2.50. The van der Waals surface area contributed by atoms with Gasteiger partial charge in [0.2, 0.25) is 0 Å². The Morgan fingerprint density at radius 3 is 2.25 bits per heavy atom. The predicted octanol–water partition coefficient (Wildman–Crippen LogP) is -0.972. The minimum atomic E-state index is -0.420. The molecule has 0 rings (SSSR count). The van der Waals surface area contributed by atoms with E-state index in [0.717, 1.165) is 12.8 Å². The summed E-state index contributed by atoms with van der Waals surface area (Å²) in [6.45, 7) is 4.09. The Labute approximate surface area is 72.1 Å². The number of carbonyl (C=O) groups excluding carboxylic acids is 1. The topological polar surface area (TPSA) is 111 Å². The summed E-state index contributed by atoms with van der Waals surface area (Å²) in [6.07, 6.45) is 1.95. The normalized spacial score (nSPS) is 9.00. The van der Waals surface area contributed by atoms with Crippen molar-refractivity contribution in [2.75, 3.05) is 0 Å². The third kappa shape index (κ3) is 5.90. The molecule has 0 aromatic carbocycles. The number of rotatable bonds is 4. The molecule has 0 atom stereocenters. The second-order valence-corrected chi connectivity index (χ2v) is 2.26. The van der Waals surface area contributed by atoms with Crippen molar-refractivity contribution in [3.63, 3.8) is 0 Å². The van der Waals surface area contributed by atoms with Crippen LogP contribution in [0.4, 0.5) is 4.79 Å². The zero-order valence-electron chi connectivity index (χ0n) is 7.48. The molecule has 0 aliphatic heterocycles. The molecule has 0 fully saturated rings. The van der Waals surface area contributed by atoms with E-state index in [9.17, 15) is 4.79 Å². The molecule has 0 saturated heterocycles. The second-order valence-electron chi connectivity index (χ2n) is 2.26. The van der Waals surface area contributed by atoms with Crippen LogP contribution in [-0.2, 0) is 0 Å². The monoisotopic (exact) mass is 178 g/mol. The van der Waals surface area contributed by atoms with Gasteiger partial charge in [-0.1, -0.05) is 13.8 Å². The van der Waals surface area contributed by atoms with Crippen LogP contribution in [0.1, 0.15) is 26.7 Å². The Bertz CT molecular complexity index is 116. The van der Waals surface area contributed by atoms with Crippen LogP contribution in [-0.4, -0.2) is 17.5 Å². The predicted molar refractivity (Wildman–Crippen MR) is 47.0 cm³/mol. The van der Waals surface area contributed by atoms with Gasteiger partial charge in [0.15, 0.2) is 0 Å². The molecular weight excluding hydrogens is 160 g/mol.